The number of allylic oxidation sites excluding steroid dienone is 1. The first kappa shape index (κ1) is 15.3. The molecule has 1 aliphatic heterocycles. The number of fused-ring (bicyclic) bond motifs is 1. The first-order chi connectivity index (χ1) is 10.8. The molecule has 22 heavy (non-hydrogen) atoms. The Hall–Kier alpha value is -1.61. The van der Waals surface area contributed by atoms with E-state index in [4.69, 9.17) is 9.47 Å². The van der Waals surface area contributed by atoms with Gasteiger partial charge in [-0.25, -0.2) is 4.79 Å². The van der Waals surface area contributed by atoms with Gasteiger partial charge in [-0.3, -0.25) is 0 Å². The number of esters is 1. The van der Waals surface area contributed by atoms with Crippen molar-refractivity contribution >= 4 is 5.97 Å². The average Bonchev–Trinajstić information content (AvgIpc) is 2.59. The molecule has 0 saturated carbocycles. The minimum absolute atomic E-state index is 0.129. The number of ether oxygens (including phenoxy) is 2. The number of methoxy groups -OCH3 is 1. The van der Waals surface area contributed by atoms with E-state index in [1.807, 2.05) is 6.07 Å². The molecule has 1 aromatic carbocycles. The number of benzene rings is 1. The summed E-state index contributed by atoms with van der Waals surface area (Å²) in [5, 5.41) is 0. The SMILES string of the molecule is COC(=O)[C@@H]1CC2=CCCC[C@H]2[C@H](CCc2ccccc2)O1. The second-order valence-corrected chi connectivity index (χ2v) is 6.23. The molecule has 0 aromatic heterocycles. The molecule has 3 heteroatoms. The van der Waals surface area contributed by atoms with Gasteiger partial charge in [0.05, 0.1) is 13.2 Å². The summed E-state index contributed by atoms with van der Waals surface area (Å²) in [6, 6.07) is 10.5. The Bertz CT molecular complexity index is 535. The molecule has 118 valence electrons. The van der Waals surface area contributed by atoms with Crippen LogP contribution in [0.3, 0.4) is 0 Å². The standard InChI is InChI=1S/C19H24O3/c1-21-19(20)18-13-15-9-5-6-10-16(15)17(22-18)12-11-14-7-3-2-4-8-14/h2-4,7-9,16-18H,5-6,10-13H2,1H3/t16-,17+,18+/m1/s1. The molecular weight excluding hydrogens is 276 g/mol. The summed E-state index contributed by atoms with van der Waals surface area (Å²) < 4.78 is 11.0. The van der Waals surface area contributed by atoms with Gasteiger partial charge < -0.3 is 9.47 Å². The highest BCUT2D eigenvalue weighted by Crippen LogP contribution is 2.39. The number of rotatable bonds is 4. The van der Waals surface area contributed by atoms with Crippen molar-refractivity contribution in [1.29, 1.82) is 0 Å². The van der Waals surface area contributed by atoms with Crippen LogP contribution in [0.5, 0.6) is 0 Å². The molecule has 1 aromatic rings. The van der Waals surface area contributed by atoms with Crippen LogP contribution in [0.4, 0.5) is 0 Å². The van der Waals surface area contributed by atoms with Gasteiger partial charge in [0.25, 0.3) is 0 Å². The molecule has 1 heterocycles. The zero-order valence-corrected chi connectivity index (χ0v) is 13.2. The third-order valence-electron chi connectivity index (χ3n) is 4.84. The van der Waals surface area contributed by atoms with Gasteiger partial charge in [0.1, 0.15) is 0 Å². The average molecular weight is 300 g/mol. The van der Waals surface area contributed by atoms with E-state index in [9.17, 15) is 4.79 Å². The normalized spacial score (nSPS) is 27.7. The second-order valence-electron chi connectivity index (χ2n) is 6.23. The van der Waals surface area contributed by atoms with Crippen LogP contribution in [-0.4, -0.2) is 25.3 Å². The molecule has 1 fully saturated rings. The molecular formula is C19H24O3. The lowest BCUT2D eigenvalue weighted by Crippen LogP contribution is -2.42. The van der Waals surface area contributed by atoms with Crippen LogP contribution in [-0.2, 0) is 20.7 Å². The summed E-state index contributed by atoms with van der Waals surface area (Å²) in [5.41, 5.74) is 2.73. The van der Waals surface area contributed by atoms with Gasteiger partial charge in [-0.05, 0) is 37.7 Å². The highest BCUT2D eigenvalue weighted by molar-refractivity contribution is 5.75. The van der Waals surface area contributed by atoms with E-state index < -0.39 is 6.10 Å². The molecule has 0 spiro atoms. The van der Waals surface area contributed by atoms with E-state index in [0.717, 1.165) is 19.3 Å². The number of carbonyl (C=O) groups is 1. The van der Waals surface area contributed by atoms with Gasteiger partial charge in [0.2, 0.25) is 0 Å². The second kappa shape index (κ2) is 7.10. The van der Waals surface area contributed by atoms with E-state index in [1.54, 1.807) is 0 Å². The van der Waals surface area contributed by atoms with Crippen molar-refractivity contribution in [2.75, 3.05) is 7.11 Å². The topological polar surface area (TPSA) is 35.5 Å². The molecule has 0 amide bonds. The van der Waals surface area contributed by atoms with Gasteiger partial charge >= 0.3 is 5.97 Å². The third kappa shape index (κ3) is 3.41. The monoisotopic (exact) mass is 300 g/mol. The lowest BCUT2D eigenvalue weighted by atomic mass is 9.77. The molecule has 0 unspecified atom stereocenters. The predicted molar refractivity (Wildman–Crippen MR) is 85.5 cm³/mol. The van der Waals surface area contributed by atoms with Crippen molar-refractivity contribution in [2.24, 2.45) is 5.92 Å². The van der Waals surface area contributed by atoms with Crippen molar-refractivity contribution < 1.29 is 14.3 Å². The summed E-state index contributed by atoms with van der Waals surface area (Å²) in [4.78, 5) is 11.9. The van der Waals surface area contributed by atoms with Crippen LogP contribution in [0.2, 0.25) is 0 Å². The van der Waals surface area contributed by atoms with Crippen LogP contribution in [0.15, 0.2) is 42.0 Å². The minimum Gasteiger partial charge on any atom is -0.467 e. The summed E-state index contributed by atoms with van der Waals surface area (Å²) in [5.74, 6) is 0.244. The van der Waals surface area contributed by atoms with E-state index in [2.05, 4.69) is 30.3 Å². The molecule has 3 atom stereocenters. The largest absolute Gasteiger partial charge is 0.467 e. The zero-order valence-electron chi connectivity index (χ0n) is 13.2. The molecule has 3 nitrogen and oxygen atoms in total. The molecule has 0 radical (unpaired) electrons. The Kier molecular flexibility index (Phi) is 4.94. The molecule has 0 N–H and O–H groups in total. The first-order valence-electron chi connectivity index (χ1n) is 8.24. The summed E-state index contributed by atoms with van der Waals surface area (Å²) >= 11 is 0. The fraction of sp³-hybridized carbons (Fsp3) is 0.526. The van der Waals surface area contributed by atoms with Crippen molar-refractivity contribution in [3.05, 3.63) is 47.5 Å². The maximum Gasteiger partial charge on any atom is 0.335 e. The van der Waals surface area contributed by atoms with Gasteiger partial charge in [0.15, 0.2) is 6.10 Å². The Morgan fingerprint density at radius 3 is 2.91 bits per heavy atom. The number of aryl methyl sites for hydroxylation is 1. The summed E-state index contributed by atoms with van der Waals surface area (Å²) in [7, 11) is 1.44. The smallest absolute Gasteiger partial charge is 0.335 e. The highest BCUT2D eigenvalue weighted by Gasteiger charge is 2.38. The molecule has 0 bridgehead atoms. The van der Waals surface area contributed by atoms with Gasteiger partial charge in [-0.15, -0.1) is 0 Å². The molecule has 1 aliphatic carbocycles. The Morgan fingerprint density at radius 2 is 2.14 bits per heavy atom. The third-order valence-corrected chi connectivity index (χ3v) is 4.84. The van der Waals surface area contributed by atoms with Crippen LogP contribution in [0, 0.1) is 5.92 Å². The summed E-state index contributed by atoms with van der Waals surface area (Å²) in [6.45, 7) is 0. The van der Waals surface area contributed by atoms with Crippen LogP contribution >= 0.6 is 0 Å². The lowest BCUT2D eigenvalue weighted by Gasteiger charge is -2.39. The van der Waals surface area contributed by atoms with Crippen molar-refractivity contribution in [2.45, 2.75) is 50.7 Å². The minimum atomic E-state index is -0.425. The zero-order chi connectivity index (χ0) is 15.4. The van der Waals surface area contributed by atoms with Crippen molar-refractivity contribution in [3.63, 3.8) is 0 Å². The Labute approximate surface area is 132 Å². The van der Waals surface area contributed by atoms with Crippen LogP contribution in [0.25, 0.3) is 0 Å². The van der Waals surface area contributed by atoms with Crippen molar-refractivity contribution in [3.8, 4) is 0 Å². The van der Waals surface area contributed by atoms with E-state index in [-0.39, 0.29) is 12.1 Å². The summed E-state index contributed by atoms with van der Waals surface area (Å²) in [6.07, 6.45) is 8.22. The molecule has 2 aliphatic rings. The lowest BCUT2D eigenvalue weighted by molar-refractivity contribution is -0.164. The maximum atomic E-state index is 11.9. The van der Waals surface area contributed by atoms with Crippen LogP contribution < -0.4 is 0 Å². The van der Waals surface area contributed by atoms with E-state index in [1.165, 1.54) is 31.1 Å². The van der Waals surface area contributed by atoms with E-state index >= 15 is 0 Å². The maximum absolute atomic E-state index is 11.9. The highest BCUT2D eigenvalue weighted by atomic mass is 16.6. The fourth-order valence-corrected chi connectivity index (χ4v) is 3.68. The fourth-order valence-electron chi connectivity index (χ4n) is 3.68. The molecule has 1 saturated heterocycles. The van der Waals surface area contributed by atoms with Crippen molar-refractivity contribution in [1.82, 2.24) is 0 Å². The molecule has 3 rings (SSSR count). The van der Waals surface area contributed by atoms with Gasteiger partial charge in [-0.2, -0.15) is 0 Å². The van der Waals surface area contributed by atoms with Crippen LogP contribution in [0.1, 0.15) is 37.7 Å². The number of hydrogen-bond acceptors (Lipinski definition) is 3. The quantitative estimate of drug-likeness (QED) is 0.628. The van der Waals surface area contributed by atoms with Gasteiger partial charge in [0, 0.05) is 12.3 Å². The van der Waals surface area contributed by atoms with Gasteiger partial charge in [-0.1, -0.05) is 42.0 Å². The first-order valence-corrected chi connectivity index (χ1v) is 8.24. The Balaban J connectivity index is 1.70. The number of hydrogen-bond donors (Lipinski definition) is 0. The Morgan fingerprint density at radius 1 is 1.32 bits per heavy atom. The van der Waals surface area contributed by atoms with E-state index in [0.29, 0.717) is 12.3 Å². The number of carbonyl (C=O) groups excluding carboxylic acids is 1. The predicted octanol–water partition coefficient (Wildman–Crippen LogP) is 3.68.